The molecule has 2 aromatic rings. The second-order valence-electron chi connectivity index (χ2n) is 5.93. The van der Waals surface area contributed by atoms with Gasteiger partial charge in [-0.1, -0.05) is 0 Å². The average molecular weight is 333 g/mol. The second kappa shape index (κ2) is 6.16. The number of nitrogens with one attached hydrogen (secondary N) is 1. The number of imidazole rings is 1. The average Bonchev–Trinajstić information content (AvgIpc) is 3.06. The van der Waals surface area contributed by atoms with Gasteiger partial charge in [-0.05, 0) is 36.6 Å². The fraction of sp³-hybridized carbons (Fsp3) is 0.375. The molecule has 122 valence electrons. The molecule has 3 rings (SSSR count). The summed E-state index contributed by atoms with van der Waals surface area (Å²) in [5.74, 6) is 1.39. The molecule has 1 aromatic carbocycles. The van der Waals surface area contributed by atoms with Crippen molar-refractivity contribution in [3.63, 3.8) is 0 Å². The topological polar surface area (TPSA) is 81.1 Å². The van der Waals surface area contributed by atoms with E-state index < -0.39 is 9.84 Å². The smallest absolute Gasteiger partial charge is 0.221 e. The Kier molecular flexibility index (Phi) is 4.21. The summed E-state index contributed by atoms with van der Waals surface area (Å²) in [5.41, 5.74) is 1.67. The van der Waals surface area contributed by atoms with Crippen LogP contribution in [-0.2, 0) is 21.2 Å². The van der Waals surface area contributed by atoms with Crippen molar-refractivity contribution in [1.29, 1.82) is 0 Å². The van der Waals surface area contributed by atoms with Crippen LogP contribution in [0.4, 0.5) is 5.69 Å². The van der Waals surface area contributed by atoms with Gasteiger partial charge in [-0.3, -0.25) is 4.79 Å². The van der Waals surface area contributed by atoms with Crippen LogP contribution in [0.3, 0.4) is 0 Å². The molecule has 0 bridgehead atoms. The van der Waals surface area contributed by atoms with Gasteiger partial charge in [-0.15, -0.1) is 0 Å². The van der Waals surface area contributed by atoms with E-state index in [9.17, 15) is 13.2 Å². The summed E-state index contributed by atoms with van der Waals surface area (Å²) < 4.78 is 25.2. The van der Waals surface area contributed by atoms with Crippen molar-refractivity contribution >= 4 is 21.4 Å². The van der Waals surface area contributed by atoms with Crippen LogP contribution in [0.2, 0.25) is 0 Å². The number of carbonyl (C=O) groups is 1. The molecular weight excluding hydrogens is 314 g/mol. The largest absolute Gasteiger partial charge is 0.331 e. The fourth-order valence-corrected chi connectivity index (χ4v) is 4.77. The molecule has 1 saturated heterocycles. The molecule has 1 atom stereocenters. The molecule has 1 amide bonds. The number of sulfone groups is 1. The van der Waals surface area contributed by atoms with E-state index >= 15 is 0 Å². The van der Waals surface area contributed by atoms with Gasteiger partial charge in [0.15, 0.2) is 9.84 Å². The number of aromatic nitrogens is 2. The van der Waals surface area contributed by atoms with Crippen molar-refractivity contribution in [2.45, 2.75) is 19.9 Å². The molecule has 7 heteroatoms. The zero-order valence-corrected chi connectivity index (χ0v) is 13.7. The van der Waals surface area contributed by atoms with Gasteiger partial charge in [0.2, 0.25) is 5.91 Å². The summed E-state index contributed by atoms with van der Waals surface area (Å²) in [4.78, 5) is 15.4. The van der Waals surface area contributed by atoms with Crippen LogP contribution in [-0.4, -0.2) is 35.4 Å². The molecule has 0 aliphatic carbocycles. The first-order chi connectivity index (χ1) is 10.9. The molecule has 0 unspecified atom stereocenters. The highest BCUT2D eigenvalue weighted by atomic mass is 32.2. The van der Waals surface area contributed by atoms with E-state index in [1.165, 1.54) is 6.92 Å². The van der Waals surface area contributed by atoms with Crippen LogP contribution in [0.25, 0.3) is 11.4 Å². The Bertz CT molecular complexity index is 809. The van der Waals surface area contributed by atoms with Crippen molar-refractivity contribution in [1.82, 2.24) is 9.55 Å². The Morgan fingerprint density at radius 2 is 2.09 bits per heavy atom. The SMILES string of the molecule is CC(=O)Nc1ccc(-c2nccn2C[C@H]2CCS(=O)(=O)C2)cc1. The summed E-state index contributed by atoms with van der Waals surface area (Å²) in [6.45, 7) is 2.12. The maximum atomic E-state index is 11.6. The van der Waals surface area contributed by atoms with Gasteiger partial charge in [-0.2, -0.15) is 0 Å². The second-order valence-corrected chi connectivity index (χ2v) is 8.16. The van der Waals surface area contributed by atoms with E-state index in [1.54, 1.807) is 6.20 Å². The molecule has 1 aliphatic rings. The molecule has 1 aliphatic heterocycles. The lowest BCUT2D eigenvalue weighted by Gasteiger charge is -2.12. The normalized spacial score (nSPS) is 19.6. The van der Waals surface area contributed by atoms with Gasteiger partial charge >= 0.3 is 0 Å². The minimum absolute atomic E-state index is 0.110. The highest BCUT2D eigenvalue weighted by Crippen LogP contribution is 2.24. The summed E-state index contributed by atoms with van der Waals surface area (Å²) in [7, 11) is -2.87. The van der Waals surface area contributed by atoms with E-state index in [-0.39, 0.29) is 23.3 Å². The van der Waals surface area contributed by atoms with Gasteiger partial charge in [0.25, 0.3) is 0 Å². The lowest BCUT2D eigenvalue weighted by molar-refractivity contribution is -0.114. The van der Waals surface area contributed by atoms with Crippen LogP contribution in [0, 0.1) is 5.92 Å². The van der Waals surface area contributed by atoms with Crippen LogP contribution < -0.4 is 5.32 Å². The number of rotatable bonds is 4. The quantitative estimate of drug-likeness (QED) is 0.927. The van der Waals surface area contributed by atoms with Crippen LogP contribution in [0.15, 0.2) is 36.7 Å². The van der Waals surface area contributed by atoms with E-state index in [1.807, 2.05) is 35.0 Å². The number of hydrogen-bond acceptors (Lipinski definition) is 4. The molecule has 23 heavy (non-hydrogen) atoms. The van der Waals surface area contributed by atoms with E-state index in [2.05, 4.69) is 10.3 Å². The Balaban J connectivity index is 1.77. The Morgan fingerprint density at radius 1 is 1.35 bits per heavy atom. The van der Waals surface area contributed by atoms with Gasteiger partial charge in [-0.25, -0.2) is 13.4 Å². The van der Waals surface area contributed by atoms with Crippen LogP contribution >= 0.6 is 0 Å². The maximum Gasteiger partial charge on any atom is 0.221 e. The summed E-state index contributed by atoms with van der Waals surface area (Å²) in [6.07, 6.45) is 4.31. The van der Waals surface area contributed by atoms with E-state index in [4.69, 9.17) is 0 Å². The van der Waals surface area contributed by atoms with Crippen LogP contribution in [0.5, 0.6) is 0 Å². The highest BCUT2D eigenvalue weighted by molar-refractivity contribution is 7.91. The number of amides is 1. The van der Waals surface area contributed by atoms with Crippen molar-refractivity contribution in [2.75, 3.05) is 16.8 Å². The standard InChI is InChI=1S/C16H19N3O3S/c1-12(20)18-15-4-2-14(3-5-15)16-17-7-8-19(16)10-13-6-9-23(21,22)11-13/h2-5,7-8,13H,6,9-11H2,1H3,(H,18,20)/t13-/m1/s1. The first-order valence-corrected chi connectivity index (χ1v) is 9.35. The first kappa shape index (κ1) is 15.7. The minimum Gasteiger partial charge on any atom is -0.331 e. The zero-order chi connectivity index (χ0) is 16.4. The number of benzene rings is 1. The minimum atomic E-state index is -2.87. The van der Waals surface area contributed by atoms with Crippen molar-refractivity contribution in [3.05, 3.63) is 36.7 Å². The summed E-state index contributed by atoms with van der Waals surface area (Å²) >= 11 is 0. The predicted molar refractivity (Wildman–Crippen MR) is 88.7 cm³/mol. The number of anilines is 1. The van der Waals surface area contributed by atoms with E-state index in [0.29, 0.717) is 13.0 Å². The first-order valence-electron chi connectivity index (χ1n) is 7.52. The fourth-order valence-electron chi connectivity index (χ4n) is 2.92. The molecule has 1 fully saturated rings. The van der Waals surface area contributed by atoms with Crippen molar-refractivity contribution in [2.24, 2.45) is 5.92 Å². The van der Waals surface area contributed by atoms with Gasteiger partial charge in [0.1, 0.15) is 5.82 Å². The third-order valence-electron chi connectivity index (χ3n) is 3.96. The Labute approximate surface area is 135 Å². The number of hydrogen-bond donors (Lipinski definition) is 1. The van der Waals surface area contributed by atoms with E-state index in [0.717, 1.165) is 17.1 Å². The van der Waals surface area contributed by atoms with Gasteiger partial charge < -0.3 is 9.88 Å². The van der Waals surface area contributed by atoms with Gasteiger partial charge in [0, 0.05) is 37.1 Å². The molecule has 0 spiro atoms. The predicted octanol–water partition coefficient (Wildman–Crippen LogP) is 1.94. The third-order valence-corrected chi connectivity index (χ3v) is 5.80. The lowest BCUT2D eigenvalue weighted by Crippen LogP contribution is -2.13. The third kappa shape index (κ3) is 3.79. The number of nitrogens with zero attached hydrogens (tertiary/aromatic N) is 2. The summed E-state index contributed by atoms with van der Waals surface area (Å²) in [5, 5.41) is 2.73. The summed E-state index contributed by atoms with van der Waals surface area (Å²) in [6, 6.07) is 7.45. The maximum absolute atomic E-state index is 11.6. The molecule has 1 N–H and O–H groups in total. The zero-order valence-electron chi connectivity index (χ0n) is 12.9. The highest BCUT2D eigenvalue weighted by Gasteiger charge is 2.28. The molecule has 0 saturated carbocycles. The van der Waals surface area contributed by atoms with Crippen molar-refractivity contribution in [3.8, 4) is 11.4 Å². The molecule has 2 heterocycles. The molecule has 0 radical (unpaired) electrons. The van der Waals surface area contributed by atoms with Crippen LogP contribution in [0.1, 0.15) is 13.3 Å². The monoisotopic (exact) mass is 333 g/mol. The molecular formula is C16H19N3O3S. The molecule has 1 aromatic heterocycles. The Hall–Kier alpha value is -2.15. The lowest BCUT2D eigenvalue weighted by atomic mass is 10.1. The van der Waals surface area contributed by atoms with Gasteiger partial charge in [0.05, 0.1) is 11.5 Å². The molecule has 6 nitrogen and oxygen atoms in total. The number of carbonyl (C=O) groups excluding carboxylic acids is 1. The Morgan fingerprint density at radius 3 is 2.70 bits per heavy atom. The van der Waals surface area contributed by atoms with Crippen molar-refractivity contribution < 1.29 is 13.2 Å².